The molecule has 1 heterocycles. The van der Waals surface area contributed by atoms with Crippen molar-refractivity contribution >= 4 is 5.91 Å². The quantitative estimate of drug-likeness (QED) is 0.687. The van der Waals surface area contributed by atoms with Gasteiger partial charge in [-0.05, 0) is 25.2 Å². The van der Waals surface area contributed by atoms with E-state index in [-0.39, 0.29) is 17.7 Å². The lowest BCUT2D eigenvalue weighted by atomic mass is 9.71. The van der Waals surface area contributed by atoms with Crippen molar-refractivity contribution in [3.63, 3.8) is 0 Å². The van der Waals surface area contributed by atoms with E-state index < -0.39 is 0 Å². The van der Waals surface area contributed by atoms with E-state index in [1.165, 1.54) is 6.42 Å². The van der Waals surface area contributed by atoms with Crippen molar-refractivity contribution in [2.45, 2.75) is 25.7 Å². The molecule has 70 valence electrons. The van der Waals surface area contributed by atoms with Gasteiger partial charge >= 0.3 is 0 Å². The highest BCUT2D eigenvalue weighted by atomic mass is 16.2. The highest BCUT2D eigenvalue weighted by Crippen LogP contribution is 2.38. The van der Waals surface area contributed by atoms with Crippen LogP contribution in [-0.2, 0) is 4.79 Å². The average Bonchev–Trinajstić information content (AvgIpc) is 2.43. The maximum Gasteiger partial charge on any atom is 0.224 e. The summed E-state index contributed by atoms with van der Waals surface area (Å²) in [5.41, 5.74) is 0. The van der Waals surface area contributed by atoms with Gasteiger partial charge in [-0.1, -0.05) is 6.42 Å². The van der Waals surface area contributed by atoms with Crippen LogP contribution in [0, 0.1) is 29.1 Å². The Hall–Kier alpha value is -1.04. The van der Waals surface area contributed by atoms with Crippen LogP contribution in [0.1, 0.15) is 25.7 Å². The normalized spacial score (nSPS) is 30.4. The van der Waals surface area contributed by atoms with Gasteiger partial charge in [-0.3, -0.25) is 4.79 Å². The van der Waals surface area contributed by atoms with Crippen LogP contribution in [0.4, 0.5) is 0 Å². The minimum Gasteiger partial charge on any atom is -0.356 e. The third-order valence-corrected chi connectivity index (χ3v) is 3.33. The van der Waals surface area contributed by atoms with E-state index >= 15 is 0 Å². The molecule has 0 bridgehead atoms. The van der Waals surface area contributed by atoms with Crippen molar-refractivity contribution in [1.29, 1.82) is 5.26 Å². The van der Waals surface area contributed by atoms with Crippen LogP contribution in [0.15, 0.2) is 0 Å². The Bertz CT molecular complexity index is 252. The van der Waals surface area contributed by atoms with Crippen molar-refractivity contribution in [2.75, 3.05) is 6.54 Å². The Balaban J connectivity index is 2.03. The molecule has 0 aromatic carbocycles. The van der Waals surface area contributed by atoms with Gasteiger partial charge in [0.1, 0.15) is 0 Å². The summed E-state index contributed by atoms with van der Waals surface area (Å²) in [5, 5.41) is 11.8. The number of carbonyl (C=O) groups excluding carboxylic acids is 1. The minimum absolute atomic E-state index is 0.0174. The predicted octanol–water partition coefficient (Wildman–Crippen LogP) is 1.06. The van der Waals surface area contributed by atoms with Crippen LogP contribution in [0.25, 0.3) is 0 Å². The largest absolute Gasteiger partial charge is 0.356 e. The van der Waals surface area contributed by atoms with Gasteiger partial charge in [0.2, 0.25) is 5.91 Å². The van der Waals surface area contributed by atoms with E-state index in [1.807, 2.05) is 0 Å². The van der Waals surface area contributed by atoms with Gasteiger partial charge in [-0.15, -0.1) is 0 Å². The van der Waals surface area contributed by atoms with Crippen LogP contribution in [0.2, 0.25) is 0 Å². The molecular formula is C10H14N2O. The number of nitrogens with one attached hydrogen (secondary N) is 1. The zero-order valence-electron chi connectivity index (χ0n) is 7.62. The number of hydrogen-bond donors (Lipinski definition) is 1. The number of carbonyl (C=O) groups is 1. The molecule has 3 nitrogen and oxygen atoms in total. The zero-order chi connectivity index (χ0) is 9.26. The van der Waals surface area contributed by atoms with Crippen molar-refractivity contribution in [3.8, 4) is 6.07 Å². The third kappa shape index (κ3) is 1.41. The van der Waals surface area contributed by atoms with Crippen LogP contribution < -0.4 is 5.32 Å². The molecular weight excluding hydrogens is 164 g/mol. The van der Waals surface area contributed by atoms with Gasteiger partial charge in [-0.25, -0.2) is 0 Å². The van der Waals surface area contributed by atoms with E-state index in [9.17, 15) is 4.79 Å². The lowest BCUT2D eigenvalue weighted by Crippen LogP contribution is -2.32. The number of nitriles is 1. The third-order valence-electron chi connectivity index (χ3n) is 3.33. The second kappa shape index (κ2) is 3.37. The first-order valence-electron chi connectivity index (χ1n) is 5.00. The lowest BCUT2D eigenvalue weighted by Gasteiger charge is -2.31. The Morgan fingerprint density at radius 1 is 1.46 bits per heavy atom. The maximum absolute atomic E-state index is 11.4. The van der Waals surface area contributed by atoms with E-state index in [4.69, 9.17) is 5.26 Å². The summed E-state index contributed by atoms with van der Waals surface area (Å²) in [6.45, 7) is 0.758. The second-order valence-electron chi connectivity index (χ2n) is 4.03. The van der Waals surface area contributed by atoms with Crippen LogP contribution in [-0.4, -0.2) is 12.5 Å². The average molecular weight is 178 g/mol. The molecule has 2 atom stereocenters. The summed E-state index contributed by atoms with van der Waals surface area (Å²) in [7, 11) is 0. The Labute approximate surface area is 78.1 Å². The number of rotatable bonds is 2. The van der Waals surface area contributed by atoms with Crippen molar-refractivity contribution in [1.82, 2.24) is 5.32 Å². The van der Waals surface area contributed by atoms with E-state index in [0.717, 1.165) is 25.8 Å². The van der Waals surface area contributed by atoms with Crippen molar-refractivity contribution < 1.29 is 4.79 Å². The zero-order valence-corrected chi connectivity index (χ0v) is 7.62. The molecule has 1 amide bonds. The van der Waals surface area contributed by atoms with Gasteiger partial charge in [0.15, 0.2) is 0 Å². The molecule has 1 N–H and O–H groups in total. The minimum atomic E-state index is -0.0182. The molecule has 0 aromatic rings. The predicted molar refractivity (Wildman–Crippen MR) is 47.6 cm³/mol. The summed E-state index contributed by atoms with van der Waals surface area (Å²) in [6.07, 6.45) is 4.37. The molecule has 13 heavy (non-hydrogen) atoms. The molecule has 1 aliphatic heterocycles. The SMILES string of the molecule is N#CC(C1CCC1)C1CCNC1=O. The summed E-state index contributed by atoms with van der Waals surface area (Å²) >= 11 is 0. The highest BCUT2D eigenvalue weighted by molar-refractivity contribution is 5.81. The molecule has 0 spiro atoms. The Morgan fingerprint density at radius 3 is 2.62 bits per heavy atom. The summed E-state index contributed by atoms with van der Waals surface area (Å²) in [5.74, 6) is 0.559. The summed E-state index contributed by atoms with van der Waals surface area (Å²) in [4.78, 5) is 11.4. The first kappa shape index (κ1) is 8.55. The molecule has 0 radical (unpaired) electrons. The van der Waals surface area contributed by atoms with Crippen LogP contribution in [0.5, 0.6) is 0 Å². The molecule has 2 fully saturated rings. The highest BCUT2D eigenvalue weighted by Gasteiger charge is 2.39. The van der Waals surface area contributed by atoms with E-state index in [0.29, 0.717) is 5.92 Å². The molecule has 2 aliphatic rings. The molecule has 2 rings (SSSR count). The van der Waals surface area contributed by atoms with Gasteiger partial charge in [-0.2, -0.15) is 5.26 Å². The van der Waals surface area contributed by atoms with Gasteiger partial charge in [0, 0.05) is 6.54 Å². The lowest BCUT2D eigenvalue weighted by molar-refractivity contribution is -0.124. The fraction of sp³-hybridized carbons (Fsp3) is 0.800. The van der Waals surface area contributed by atoms with Crippen molar-refractivity contribution in [2.24, 2.45) is 17.8 Å². The molecule has 3 heteroatoms. The van der Waals surface area contributed by atoms with Gasteiger partial charge in [0.25, 0.3) is 0 Å². The first-order valence-corrected chi connectivity index (χ1v) is 5.00. The fourth-order valence-electron chi connectivity index (χ4n) is 2.28. The Morgan fingerprint density at radius 2 is 2.23 bits per heavy atom. The molecule has 0 aromatic heterocycles. The van der Waals surface area contributed by atoms with Crippen molar-refractivity contribution in [3.05, 3.63) is 0 Å². The smallest absolute Gasteiger partial charge is 0.224 e. The van der Waals surface area contributed by atoms with E-state index in [2.05, 4.69) is 11.4 Å². The molecule has 1 aliphatic carbocycles. The maximum atomic E-state index is 11.4. The molecule has 1 saturated carbocycles. The van der Waals surface area contributed by atoms with E-state index in [1.54, 1.807) is 0 Å². The number of hydrogen-bond acceptors (Lipinski definition) is 2. The summed E-state index contributed by atoms with van der Waals surface area (Å²) < 4.78 is 0. The van der Waals surface area contributed by atoms with Crippen LogP contribution in [0.3, 0.4) is 0 Å². The second-order valence-corrected chi connectivity index (χ2v) is 4.03. The molecule has 1 saturated heterocycles. The number of nitrogens with zero attached hydrogens (tertiary/aromatic N) is 1. The van der Waals surface area contributed by atoms with Gasteiger partial charge < -0.3 is 5.32 Å². The topological polar surface area (TPSA) is 52.9 Å². The van der Waals surface area contributed by atoms with Gasteiger partial charge in [0.05, 0.1) is 17.9 Å². The summed E-state index contributed by atoms with van der Waals surface area (Å²) in [6, 6.07) is 2.32. The number of amides is 1. The standard InChI is InChI=1S/C10H14N2O/c11-6-9(7-2-1-3-7)8-4-5-12-10(8)13/h7-9H,1-5H2,(H,12,13). The van der Waals surface area contributed by atoms with Crippen LogP contribution >= 0.6 is 0 Å². The molecule has 2 unspecified atom stereocenters. The fourth-order valence-corrected chi connectivity index (χ4v) is 2.28. The first-order chi connectivity index (χ1) is 6.33. The Kier molecular flexibility index (Phi) is 2.22. The monoisotopic (exact) mass is 178 g/mol.